The minimum atomic E-state index is -4.72. The molecular weight excluding hydrogens is 412 g/mol. The number of sulfonamides is 1. The van der Waals surface area contributed by atoms with Crippen LogP contribution in [0.15, 0.2) is 23.1 Å². The van der Waals surface area contributed by atoms with E-state index in [0.29, 0.717) is 6.07 Å². The summed E-state index contributed by atoms with van der Waals surface area (Å²) in [4.78, 5) is 44.5. The van der Waals surface area contributed by atoms with Gasteiger partial charge in [-0.2, -0.15) is 15.0 Å². The number of aromatic nitrogens is 3. The van der Waals surface area contributed by atoms with Gasteiger partial charge in [0.25, 0.3) is 15.7 Å². The highest BCUT2D eigenvalue weighted by atomic mass is 32.2. The van der Waals surface area contributed by atoms with Gasteiger partial charge in [-0.15, -0.1) is 0 Å². The Balaban J connectivity index is 2.36. The van der Waals surface area contributed by atoms with Crippen LogP contribution in [0.3, 0.4) is 0 Å². The third-order valence-corrected chi connectivity index (χ3v) is 4.60. The van der Waals surface area contributed by atoms with Gasteiger partial charge in [0.05, 0.1) is 24.7 Å². The standard InChI is InChI=1S/C14H14N6O8S/c1-7-15-12(18-14(16-7)28-3)17-13(22)19-29(25,26)10-6-8(20(23)24)4-5-9(10)11(21)27-2/h4-6H,1-3H3,(H2,15,16,17,18,19,22). The van der Waals surface area contributed by atoms with E-state index in [-0.39, 0.29) is 17.8 Å². The lowest BCUT2D eigenvalue weighted by molar-refractivity contribution is -0.385. The van der Waals surface area contributed by atoms with E-state index in [9.17, 15) is 28.1 Å². The van der Waals surface area contributed by atoms with Gasteiger partial charge in [-0.25, -0.2) is 22.7 Å². The molecule has 0 saturated carbocycles. The monoisotopic (exact) mass is 426 g/mol. The predicted molar refractivity (Wildman–Crippen MR) is 94.9 cm³/mol. The molecule has 1 aromatic carbocycles. The Morgan fingerprint density at radius 1 is 1.17 bits per heavy atom. The molecule has 2 N–H and O–H groups in total. The number of carbonyl (C=O) groups is 2. The molecule has 0 unspecified atom stereocenters. The highest BCUT2D eigenvalue weighted by Crippen LogP contribution is 2.23. The molecule has 2 rings (SSSR count). The van der Waals surface area contributed by atoms with Crippen molar-refractivity contribution < 1.29 is 32.4 Å². The van der Waals surface area contributed by atoms with Crippen LogP contribution in [0.4, 0.5) is 16.4 Å². The molecule has 0 aliphatic heterocycles. The van der Waals surface area contributed by atoms with Crippen LogP contribution < -0.4 is 14.8 Å². The first kappa shape index (κ1) is 21.4. The number of hydrogen-bond acceptors (Lipinski definition) is 11. The summed E-state index contributed by atoms with van der Waals surface area (Å²) in [6.45, 7) is 1.48. The summed E-state index contributed by atoms with van der Waals surface area (Å²) in [5, 5.41) is 13.0. The van der Waals surface area contributed by atoms with Crippen molar-refractivity contribution in [2.75, 3.05) is 19.5 Å². The van der Waals surface area contributed by atoms with Crippen molar-refractivity contribution in [1.29, 1.82) is 0 Å². The van der Waals surface area contributed by atoms with E-state index in [1.807, 2.05) is 0 Å². The van der Waals surface area contributed by atoms with Crippen LogP contribution in [0.2, 0.25) is 0 Å². The highest BCUT2D eigenvalue weighted by Gasteiger charge is 2.28. The van der Waals surface area contributed by atoms with Gasteiger partial charge >= 0.3 is 18.0 Å². The molecule has 0 radical (unpaired) electrons. The Morgan fingerprint density at radius 2 is 1.86 bits per heavy atom. The zero-order valence-electron chi connectivity index (χ0n) is 15.2. The average molecular weight is 426 g/mol. The van der Waals surface area contributed by atoms with Gasteiger partial charge in [0.2, 0.25) is 5.95 Å². The number of non-ortho nitro benzene ring substituents is 1. The smallest absolute Gasteiger partial charge is 0.339 e. The van der Waals surface area contributed by atoms with Gasteiger partial charge in [-0.3, -0.25) is 15.4 Å². The number of aryl methyl sites for hydroxylation is 1. The number of benzene rings is 1. The van der Waals surface area contributed by atoms with Gasteiger partial charge in [-0.05, 0) is 13.0 Å². The summed E-state index contributed by atoms with van der Waals surface area (Å²) >= 11 is 0. The number of anilines is 1. The van der Waals surface area contributed by atoms with Crippen molar-refractivity contribution >= 4 is 33.7 Å². The Labute approximate surface area is 163 Å². The molecule has 1 heterocycles. The molecule has 29 heavy (non-hydrogen) atoms. The van der Waals surface area contributed by atoms with Crippen LogP contribution in [0.1, 0.15) is 16.2 Å². The number of hydrogen-bond donors (Lipinski definition) is 2. The van der Waals surface area contributed by atoms with Crippen molar-refractivity contribution in [3.63, 3.8) is 0 Å². The van der Waals surface area contributed by atoms with Crippen LogP contribution in [0, 0.1) is 17.0 Å². The zero-order valence-corrected chi connectivity index (χ0v) is 16.0. The van der Waals surface area contributed by atoms with Crippen molar-refractivity contribution in [1.82, 2.24) is 19.7 Å². The number of ether oxygens (including phenoxy) is 2. The molecule has 2 amide bonds. The van der Waals surface area contributed by atoms with Crippen LogP contribution >= 0.6 is 0 Å². The van der Waals surface area contributed by atoms with Gasteiger partial charge < -0.3 is 9.47 Å². The Morgan fingerprint density at radius 3 is 2.45 bits per heavy atom. The van der Waals surface area contributed by atoms with Crippen LogP contribution in [0.25, 0.3) is 0 Å². The Kier molecular flexibility index (Phi) is 6.22. The maximum Gasteiger partial charge on any atom is 0.339 e. The molecular formula is C14H14N6O8S. The third-order valence-electron chi connectivity index (χ3n) is 3.23. The van der Waals surface area contributed by atoms with E-state index in [2.05, 4.69) is 25.0 Å². The highest BCUT2D eigenvalue weighted by molar-refractivity contribution is 7.90. The van der Waals surface area contributed by atoms with Gasteiger partial charge in [0.15, 0.2) is 0 Å². The first-order chi connectivity index (χ1) is 13.6. The molecule has 154 valence electrons. The number of rotatable bonds is 6. The van der Waals surface area contributed by atoms with Gasteiger partial charge in [-0.1, -0.05) is 0 Å². The molecule has 0 aliphatic rings. The van der Waals surface area contributed by atoms with E-state index in [0.717, 1.165) is 19.2 Å². The van der Waals surface area contributed by atoms with E-state index in [4.69, 9.17) is 4.74 Å². The lowest BCUT2D eigenvalue weighted by Gasteiger charge is -2.11. The first-order valence-corrected chi connectivity index (χ1v) is 9.03. The fourth-order valence-corrected chi connectivity index (χ4v) is 3.16. The topological polar surface area (TPSA) is 193 Å². The molecule has 0 saturated heterocycles. The minimum Gasteiger partial charge on any atom is -0.467 e. The lowest BCUT2D eigenvalue weighted by atomic mass is 10.2. The predicted octanol–water partition coefficient (Wildman–Crippen LogP) is 0.394. The van der Waals surface area contributed by atoms with Crippen LogP contribution in [-0.2, 0) is 14.8 Å². The summed E-state index contributed by atoms with van der Waals surface area (Å²) in [5.74, 6) is -1.20. The second-order valence-electron chi connectivity index (χ2n) is 5.18. The maximum atomic E-state index is 12.6. The summed E-state index contributed by atoms with van der Waals surface area (Å²) < 4.78 is 36.0. The minimum absolute atomic E-state index is 0.123. The fraction of sp³-hybridized carbons (Fsp3) is 0.214. The van der Waals surface area contributed by atoms with Crippen LogP contribution in [0.5, 0.6) is 6.01 Å². The van der Waals surface area contributed by atoms with E-state index < -0.39 is 43.1 Å². The first-order valence-electron chi connectivity index (χ1n) is 7.54. The number of esters is 1. The second-order valence-corrected chi connectivity index (χ2v) is 6.83. The number of nitrogens with one attached hydrogen (secondary N) is 2. The number of urea groups is 1. The van der Waals surface area contributed by atoms with E-state index >= 15 is 0 Å². The number of nitro groups is 1. The van der Waals surface area contributed by atoms with Crippen molar-refractivity contribution in [3.05, 3.63) is 39.7 Å². The quantitative estimate of drug-likeness (QED) is 0.369. The SMILES string of the molecule is COC(=O)c1ccc([N+](=O)[O-])cc1S(=O)(=O)NC(=O)Nc1nc(C)nc(OC)n1. The summed E-state index contributed by atoms with van der Waals surface area (Å²) in [6, 6.07) is 1.03. The van der Waals surface area contributed by atoms with Crippen LogP contribution in [-0.4, -0.2) is 54.5 Å². The Hall–Kier alpha value is -3.88. The molecule has 0 fully saturated rings. The lowest BCUT2D eigenvalue weighted by Crippen LogP contribution is -2.35. The largest absolute Gasteiger partial charge is 0.467 e. The molecule has 0 bridgehead atoms. The average Bonchev–Trinajstić information content (AvgIpc) is 2.65. The van der Waals surface area contributed by atoms with E-state index in [1.165, 1.54) is 14.0 Å². The number of methoxy groups -OCH3 is 2. The van der Waals surface area contributed by atoms with Crippen molar-refractivity contribution in [2.45, 2.75) is 11.8 Å². The zero-order chi connectivity index (χ0) is 21.8. The van der Waals surface area contributed by atoms with Gasteiger partial charge in [0.1, 0.15) is 10.7 Å². The molecule has 2 aromatic rings. The molecule has 14 nitrogen and oxygen atoms in total. The summed E-state index contributed by atoms with van der Waals surface area (Å²) in [6.07, 6.45) is 0. The molecule has 0 atom stereocenters. The number of carbonyl (C=O) groups excluding carboxylic acids is 2. The molecule has 0 spiro atoms. The number of nitro benzene ring substituents is 1. The molecule has 0 aliphatic carbocycles. The fourth-order valence-electron chi connectivity index (χ4n) is 2.03. The Bertz CT molecular complexity index is 1090. The summed E-state index contributed by atoms with van der Waals surface area (Å²) in [5.41, 5.74) is -1.12. The normalized spacial score (nSPS) is 10.7. The summed E-state index contributed by atoms with van der Waals surface area (Å²) in [7, 11) is -2.44. The number of nitrogens with zero attached hydrogens (tertiary/aromatic N) is 4. The second kappa shape index (κ2) is 8.42. The molecule has 15 heteroatoms. The molecule has 1 aromatic heterocycles. The number of amides is 2. The van der Waals surface area contributed by atoms with Gasteiger partial charge in [0, 0.05) is 12.1 Å². The maximum absolute atomic E-state index is 12.6. The third kappa shape index (κ3) is 5.10. The van der Waals surface area contributed by atoms with Crippen molar-refractivity contribution in [3.8, 4) is 6.01 Å². The van der Waals surface area contributed by atoms with Crippen molar-refractivity contribution in [2.24, 2.45) is 0 Å². The van der Waals surface area contributed by atoms with E-state index in [1.54, 1.807) is 4.72 Å².